The third-order valence-electron chi connectivity index (χ3n) is 5.58. The van der Waals surface area contributed by atoms with Crippen LogP contribution in [-0.4, -0.2) is 54.3 Å². The van der Waals surface area contributed by atoms with Crippen LogP contribution in [0.5, 0.6) is 0 Å². The van der Waals surface area contributed by atoms with E-state index in [1.807, 2.05) is 30.9 Å². The van der Waals surface area contributed by atoms with Gasteiger partial charge in [0.05, 0.1) is 0 Å². The molecule has 0 radical (unpaired) electrons. The summed E-state index contributed by atoms with van der Waals surface area (Å²) >= 11 is 0. The van der Waals surface area contributed by atoms with Gasteiger partial charge in [-0.2, -0.15) is 0 Å². The Labute approximate surface area is 156 Å². The highest BCUT2D eigenvalue weighted by Crippen LogP contribution is 2.21. The number of carbonyl (C=O) groups is 2. The van der Waals surface area contributed by atoms with Crippen LogP contribution in [0, 0.1) is 19.8 Å². The van der Waals surface area contributed by atoms with E-state index < -0.39 is 0 Å². The average Bonchev–Trinajstić information content (AvgIpc) is 3.01. The van der Waals surface area contributed by atoms with Crippen molar-refractivity contribution in [3.05, 3.63) is 29.3 Å². The maximum absolute atomic E-state index is 12.3. The molecule has 0 saturated carbocycles. The van der Waals surface area contributed by atoms with E-state index in [-0.39, 0.29) is 5.91 Å². The largest absolute Gasteiger partial charge is 0.342 e. The lowest BCUT2D eigenvalue weighted by atomic mass is 9.97. The van der Waals surface area contributed by atoms with Crippen molar-refractivity contribution < 1.29 is 9.59 Å². The third kappa shape index (κ3) is 5.07. The first kappa shape index (κ1) is 18.9. The molecule has 0 spiro atoms. The van der Waals surface area contributed by atoms with Crippen LogP contribution in [0.3, 0.4) is 0 Å². The van der Waals surface area contributed by atoms with Gasteiger partial charge >= 0.3 is 0 Å². The fourth-order valence-electron chi connectivity index (χ4n) is 4.06. The molecule has 2 aliphatic heterocycles. The number of carbonyl (C=O) groups excluding carboxylic acids is 2. The fraction of sp³-hybridized carbons (Fsp3) is 0.619. The molecule has 0 aliphatic carbocycles. The molecule has 2 fully saturated rings. The molecular formula is C21H31N3O2. The first-order valence-corrected chi connectivity index (χ1v) is 9.88. The normalized spacial score (nSPS) is 21.2. The first-order chi connectivity index (χ1) is 12.5. The number of nitrogens with one attached hydrogen (secondary N) is 1. The Morgan fingerprint density at radius 1 is 1.23 bits per heavy atom. The van der Waals surface area contributed by atoms with Crippen molar-refractivity contribution >= 4 is 17.5 Å². The van der Waals surface area contributed by atoms with Crippen molar-refractivity contribution in [2.45, 2.75) is 46.0 Å². The molecule has 1 N–H and O–H groups in total. The van der Waals surface area contributed by atoms with Crippen LogP contribution in [0.25, 0.3) is 0 Å². The van der Waals surface area contributed by atoms with Crippen molar-refractivity contribution in [3.8, 4) is 0 Å². The SMILES string of the molecule is Cc1ccc(C)c(NC(=O)CCN2CCC[C@H](CN3CCCC3=O)C2)c1. The molecule has 0 aromatic heterocycles. The molecule has 2 aliphatic rings. The average molecular weight is 357 g/mol. The topological polar surface area (TPSA) is 52.7 Å². The molecule has 1 aromatic carbocycles. The van der Waals surface area contributed by atoms with Crippen LogP contribution >= 0.6 is 0 Å². The predicted molar refractivity (Wildman–Crippen MR) is 104 cm³/mol. The minimum absolute atomic E-state index is 0.0792. The van der Waals surface area contributed by atoms with Crippen molar-refractivity contribution in [1.29, 1.82) is 0 Å². The summed E-state index contributed by atoms with van der Waals surface area (Å²) in [5.41, 5.74) is 3.16. The zero-order valence-electron chi connectivity index (χ0n) is 16.1. The maximum Gasteiger partial charge on any atom is 0.225 e. The second kappa shape index (κ2) is 8.67. The third-order valence-corrected chi connectivity index (χ3v) is 5.58. The van der Waals surface area contributed by atoms with Gasteiger partial charge in [-0.1, -0.05) is 12.1 Å². The molecule has 0 unspecified atom stereocenters. The van der Waals surface area contributed by atoms with E-state index in [1.165, 1.54) is 6.42 Å². The van der Waals surface area contributed by atoms with Crippen molar-refractivity contribution in [2.24, 2.45) is 5.92 Å². The number of anilines is 1. The molecule has 3 rings (SSSR count). The van der Waals surface area contributed by atoms with Crippen LogP contribution in [-0.2, 0) is 9.59 Å². The first-order valence-electron chi connectivity index (χ1n) is 9.88. The van der Waals surface area contributed by atoms with Gasteiger partial charge in [0.1, 0.15) is 0 Å². The van der Waals surface area contributed by atoms with Gasteiger partial charge in [0, 0.05) is 44.7 Å². The van der Waals surface area contributed by atoms with E-state index in [1.54, 1.807) is 0 Å². The Kier molecular flexibility index (Phi) is 6.30. The minimum Gasteiger partial charge on any atom is -0.342 e. The van der Waals surface area contributed by atoms with Gasteiger partial charge in [-0.15, -0.1) is 0 Å². The molecule has 2 heterocycles. The summed E-state index contributed by atoms with van der Waals surface area (Å²) in [7, 11) is 0. The second-order valence-electron chi connectivity index (χ2n) is 7.87. The lowest BCUT2D eigenvalue weighted by molar-refractivity contribution is -0.128. The Bertz CT molecular complexity index is 659. The Balaban J connectivity index is 1.44. The monoisotopic (exact) mass is 357 g/mol. The molecule has 26 heavy (non-hydrogen) atoms. The lowest BCUT2D eigenvalue weighted by Gasteiger charge is -2.34. The number of likely N-dealkylation sites (tertiary alicyclic amines) is 2. The summed E-state index contributed by atoms with van der Waals surface area (Å²) < 4.78 is 0. The molecule has 2 amide bonds. The lowest BCUT2D eigenvalue weighted by Crippen LogP contribution is -2.42. The highest BCUT2D eigenvalue weighted by molar-refractivity contribution is 5.91. The Morgan fingerprint density at radius 2 is 2.08 bits per heavy atom. The summed E-state index contributed by atoms with van der Waals surface area (Å²) in [5.74, 6) is 0.943. The molecule has 1 atom stereocenters. The zero-order chi connectivity index (χ0) is 18.5. The van der Waals surface area contributed by atoms with Gasteiger partial charge in [-0.05, 0) is 62.8 Å². The second-order valence-corrected chi connectivity index (χ2v) is 7.87. The van der Waals surface area contributed by atoms with E-state index in [0.717, 1.165) is 68.8 Å². The number of amides is 2. The minimum atomic E-state index is 0.0792. The summed E-state index contributed by atoms with van der Waals surface area (Å²) in [6.45, 7) is 8.72. The standard InChI is InChI=1S/C21H31N3O2/c1-16-7-8-17(2)19(13-16)22-20(25)9-12-23-10-3-5-18(14-23)15-24-11-4-6-21(24)26/h7-8,13,18H,3-6,9-12,14-15H2,1-2H3,(H,22,25)/t18-/m0/s1. The van der Waals surface area contributed by atoms with Crippen molar-refractivity contribution in [1.82, 2.24) is 9.80 Å². The number of hydrogen-bond acceptors (Lipinski definition) is 3. The van der Waals surface area contributed by atoms with Crippen LogP contribution < -0.4 is 5.32 Å². The van der Waals surface area contributed by atoms with Crippen LogP contribution in [0.1, 0.15) is 43.2 Å². The van der Waals surface area contributed by atoms with Crippen LogP contribution in [0.4, 0.5) is 5.69 Å². The molecule has 5 heteroatoms. The van der Waals surface area contributed by atoms with Crippen molar-refractivity contribution in [2.75, 3.05) is 38.0 Å². The number of aryl methyl sites for hydroxylation is 2. The summed E-state index contributed by atoms with van der Waals surface area (Å²) in [5, 5.41) is 3.05. The van der Waals surface area contributed by atoms with Crippen LogP contribution in [0.2, 0.25) is 0 Å². The molecule has 1 aromatic rings. The predicted octanol–water partition coefficient (Wildman–Crippen LogP) is 2.97. The smallest absolute Gasteiger partial charge is 0.225 e. The number of rotatable bonds is 6. The van der Waals surface area contributed by atoms with Crippen molar-refractivity contribution in [3.63, 3.8) is 0 Å². The van der Waals surface area contributed by atoms with E-state index in [2.05, 4.69) is 16.3 Å². The summed E-state index contributed by atoms with van der Waals surface area (Å²) in [6.07, 6.45) is 4.59. The van der Waals surface area contributed by atoms with Gasteiger partial charge in [-0.3, -0.25) is 9.59 Å². The molecule has 5 nitrogen and oxygen atoms in total. The fourth-order valence-corrected chi connectivity index (χ4v) is 4.06. The van der Waals surface area contributed by atoms with Gasteiger partial charge in [0.25, 0.3) is 0 Å². The Morgan fingerprint density at radius 3 is 2.85 bits per heavy atom. The van der Waals surface area contributed by atoms with Gasteiger partial charge < -0.3 is 15.1 Å². The highest BCUT2D eigenvalue weighted by Gasteiger charge is 2.26. The van der Waals surface area contributed by atoms with Crippen LogP contribution in [0.15, 0.2) is 18.2 Å². The van der Waals surface area contributed by atoms with Gasteiger partial charge in [-0.25, -0.2) is 0 Å². The Hall–Kier alpha value is -1.88. The quantitative estimate of drug-likeness (QED) is 0.852. The summed E-state index contributed by atoms with van der Waals surface area (Å²) in [4.78, 5) is 28.6. The number of benzene rings is 1. The van der Waals surface area contributed by atoms with E-state index in [4.69, 9.17) is 0 Å². The van der Waals surface area contributed by atoms with Gasteiger partial charge in [0.15, 0.2) is 0 Å². The van der Waals surface area contributed by atoms with E-state index in [9.17, 15) is 9.59 Å². The molecule has 2 saturated heterocycles. The van der Waals surface area contributed by atoms with E-state index >= 15 is 0 Å². The highest BCUT2D eigenvalue weighted by atomic mass is 16.2. The number of hydrogen-bond donors (Lipinski definition) is 1. The molecule has 0 bridgehead atoms. The van der Waals surface area contributed by atoms with E-state index in [0.29, 0.717) is 18.2 Å². The van der Waals surface area contributed by atoms with Gasteiger partial charge in [0.2, 0.25) is 11.8 Å². The zero-order valence-corrected chi connectivity index (χ0v) is 16.1. The molecular weight excluding hydrogens is 326 g/mol. The number of piperidine rings is 1. The summed E-state index contributed by atoms with van der Waals surface area (Å²) in [6, 6.07) is 6.13. The number of nitrogens with zero attached hydrogens (tertiary/aromatic N) is 2. The maximum atomic E-state index is 12.3. The molecule has 142 valence electrons.